The predicted molar refractivity (Wildman–Crippen MR) is 154 cm³/mol. The van der Waals surface area contributed by atoms with E-state index >= 15 is 0 Å². The first kappa shape index (κ1) is 30.1. The number of amides is 1. The Morgan fingerprint density at radius 1 is 0.976 bits per heavy atom. The topological polar surface area (TPSA) is 147 Å². The van der Waals surface area contributed by atoms with Crippen LogP contribution in [-0.2, 0) is 16.0 Å². The number of aliphatic hydroxyl groups excluding tert-OH is 2. The molecule has 0 spiro atoms. The van der Waals surface area contributed by atoms with E-state index < -0.39 is 12.0 Å². The van der Waals surface area contributed by atoms with Crippen LogP contribution >= 0.6 is 0 Å². The van der Waals surface area contributed by atoms with E-state index in [1.165, 1.54) is 18.2 Å². The molecule has 0 heterocycles. The monoisotopic (exact) mass is 571 g/mol. The molecule has 4 aliphatic carbocycles. The first-order valence-corrected chi connectivity index (χ1v) is 15.7. The fourth-order valence-electron chi connectivity index (χ4n) is 10.1. The lowest BCUT2D eigenvalue weighted by Crippen LogP contribution is -2.58. The van der Waals surface area contributed by atoms with E-state index in [1.807, 2.05) is 0 Å². The Hall–Kier alpha value is -2.32. The molecule has 5 rings (SSSR count). The summed E-state index contributed by atoms with van der Waals surface area (Å²) in [5.41, 5.74) is 0.836. The Morgan fingerprint density at radius 2 is 1.68 bits per heavy atom. The summed E-state index contributed by atoms with van der Waals surface area (Å²) in [6.45, 7) is 7.07. The number of carboxylic acid groups (broad SMARTS) is 1. The summed E-state index contributed by atoms with van der Waals surface area (Å²) in [5.74, 6) is 0.410. The number of carboxylic acids is 1. The average Bonchev–Trinajstić information content (AvgIpc) is 3.27. The summed E-state index contributed by atoms with van der Waals surface area (Å²) >= 11 is 0. The Labute approximate surface area is 243 Å². The molecule has 41 heavy (non-hydrogen) atoms. The van der Waals surface area contributed by atoms with Crippen LogP contribution in [0.25, 0.3) is 0 Å². The van der Waals surface area contributed by atoms with Crippen molar-refractivity contribution in [2.24, 2.45) is 46.3 Å². The maximum absolute atomic E-state index is 12.9. The van der Waals surface area contributed by atoms with Crippen molar-refractivity contribution in [2.75, 3.05) is 0 Å². The van der Waals surface area contributed by atoms with Crippen LogP contribution in [-0.4, -0.2) is 55.7 Å². The highest BCUT2D eigenvalue weighted by molar-refractivity contribution is 5.83. The van der Waals surface area contributed by atoms with Crippen molar-refractivity contribution >= 4 is 11.9 Å². The number of nitrogens with one attached hydrogen (secondary N) is 1. The van der Waals surface area contributed by atoms with Crippen molar-refractivity contribution in [3.63, 3.8) is 0 Å². The molecule has 0 radical (unpaired) electrons. The summed E-state index contributed by atoms with van der Waals surface area (Å²) < 4.78 is 0. The van der Waals surface area contributed by atoms with Crippen molar-refractivity contribution in [3.05, 3.63) is 23.8 Å². The van der Waals surface area contributed by atoms with Gasteiger partial charge in [0, 0.05) is 12.8 Å². The van der Waals surface area contributed by atoms with Gasteiger partial charge in [-0.3, -0.25) is 4.79 Å². The predicted octanol–water partition coefficient (Wildman–Crippen LogP) is 4.62. The van der Waals surface area contributed by atoms with E-state index in [4.69, 9.17) is 0 Å². The molecule has 4 saturated carbocycles. The van der Waals surface area contributed by atoms with Crippen molar-refractivity contribution in [1.82, 2.24) is 5.32 Å². The van der Waals surface area contributed by atoms with Crippen LogP contribution in [0, 0.1) is 46.3 Å². The number of rotatable bonds is 8. The second-order valence-corrected chi connectivity index (χ2v) is 14.5. The standard InChI is InChI=1S/C33H49NO7/c1-18(4-9-29(39)34-25(31(40)41)14-19-5-8-26(36)27(37)15-19)22-6-7-23-30-24(11-13-33(22,23)3)32(2)12-10-21(35)16-20(32)17-28(30)38/h5,8,15,18,20-25,28,30,35-38H,4,6-7,9-14,16-17H2,1-3H3,(H,34,39)(H,40,41)/t18-,20+,21-,22-,23+,24+,25+,28-,30+,32+,33-/m1/s1. The van der Waals surface area contributed by atoms with Crippen LogP contribution < -0.4 is 5.32 Å². The molecule has 4 aliphatic rings. The van der Waals surface area contributed by atoms with Crippen LogP contribution in [0.1, 0.15) is 90.5 Å². The van der Waals surface area contributed by atoms with Crippen LogP contribution in [0.2, 0.25) is 0 Å². The van der Waals surface area contributed by atoms with Crippen LogP contribution in [0.5, 0.6) is 11.5 Å². The minimum absolute atomic E-state index is 0.0104. The quantitative estimate of drug-likeness (QED) is 0.250. The maximum atomic E-state index is 12.9. The molecule has 4 fully saturated rings. The van der Waals surface area contributed by atoms with Gasteiger partial charge >= 0.3 is 5.97 Å². The molecule has 0 bridgehead atoms. The smallest absolute Gasteiger partial charge is 0.326 e. The SMILES string of the molecule is C[C@H](CCC(=O)N[C@@H](Cc1ccc(O)c(O)c1)C(=O)O)[C@H]1CC[C@H]2[C@@H]3[C@H](O)C[C@@H]4C[C@H](O)CC[C@]4(C)[C@H]3CC[C@]12C. The lowest BCUT2D eigenvalue weighted by Gasteiger charge is -2.62. The molecule has 0 aromatic heterocycles. The van der Waals surface area contributed by atoms with Gasteiger partial charge in [0.2, 0.25) is 5.91 Å². The normalized spacial score (nSPS) is 39.6. The number of carbonyl (C=O) groups excluding carboxylic acids is 1. The third-order valence-electron chi connectivity index (χ3n) is 12.4. The van der Waals surface area contributed by atoms with Gasteiger partial charge in [0.15, 0.2) is 11.5 Å². The summed E-state index contributed by atoms with van der Waals surface area (Å²) in [6.07, 6.45) is 8.41. The number of fused-ring (bicyclic) bond motifs is 5. The lowest BCUT2D eigenvalue weighted by molar-refractivity contribution is -0.174. The molecular formula is C33H49NO7. The fourth-order valence-corrected chi connectivity index (χ4v) is 10.1. The van der Waals surface area contributed by atoms with Crippen molar-refractivity contribution in [1.29, 1.82) is 0 Å². The van der Waals surface area contributed by atoms with E-state index in [1.54, 1.807) is 0 Å². The molecule has 0 unspecified atom stereocenters. The summed E-state index contributed by atoms with van der Waals surface area (Å²) in [4.78, 5) is 24.7. The number of phenolic OH excluding ortho intramolecular Hbond substituents is 2. The largest absolute Gasteiger partial charge is 0.504 e. The molecule has 0 aliphatic heterocycles. The molecule has 0 saturated heterocycles. The van der Waals surface area contributed by atoms with Gasteiger partial charge in [-0.05, 0) is 122 Å². The first-order valence-electron chi connectivity index (χ1n) is 15.7. The van der Waals surface area contributed by atoms with Gasteiger partial charge < -0.3 is 30.8 Å². The third kappa shape index (κ3) is 5.58. The molecule has 8 nitrogen and oxygen atoms in total. The van der Waals surface area contributed by atoms with Gasteiger partial charge in [-0.25, -0.2) is 4.79 Å². The van der Waals surface area contributed by atoms with Crippen LogP contribution in [0.4, 0.5) is 0 Å². The summed E-state index contributed by atoms with van der Waals surface area (Å²) in [6, 6.07) is 3.03. The van der Waals surface area contributed by atoms with Gasteiger partial charge in [0.05, 0.1) is 12.2 Å². The Bertz CT molecular complexity index is 1140. The highest BCUT2D eigenvalue weighted by atomic mass is 16.4. The highest BCUT2D eigenvalue weighted by Gasteiger charge is 2.62. The zero-order valence-electron chi connectivity index (χ0n) is 24.8. The number of aliphatic hydroxyl groups is 2. The fraction of sp³-hybridized carbons (Fsp3) is 0.758. The minimum atomic E-state index is -1.14. The number of benzene rings is 1. The van der Waals surface area contributed by atoms with Crippen LogP contribution in [0.15, 0.2) is 18.2 Å². The van der Waals surface area contributed by atoms with Crippen molar-refractivity contribution in [3.8, 4) is 11.5 Å². The molecule has 8 heteroatoms. The van der Waals surface area contributed by atoms with E-state index in [2.05, 4.69) is 26.1 Å². The molecule has 1 aromatic rings. The molecule has 11 atom stereocenters. The molecule has 1 amide bonds. The van der Waals surface area contributed by atoms with Gasteiger partial charge in [-0.2, -0.15) is 0 Å². The summed E-state index contributed by atoms with van der Waals surface area (Å²) in [5, 5.41) is 53.4. The van der Waals surface area contributed by atoms with E-state index in [9.17, 15) is 35.1 Å². The molecule has 1 aromatic carbocycles. The molecule has 6 N–H and O–H groups in total. The van der Waals surface area contributed by atoms with Gasteiger partial charge in [-0.15, -0.1) is 0 Å². The van der Waals surface area contributed by atoms with Crippen LogP contribution in [0.3, 0.4) is 0 Å². The van der Waals surface area contributed by atoms with Crippen molar-refractivity contribution < 1.29 is 35.1 Å². The van der Waals surface area contributed by atoms with E-state index in [-0.39, 0.29) is 53.3 Å². The van der Waals surface area contributed by atoms with Gasteiger partial charge in [0.25, 0.3) is 0 Å². The highest BCUT2D eigenvalue weighted by Crippen LogP contribution is 2.68. The Balaban J connectivity index is 1.20. The van der Waals surface area contributed by atoms with Gasteiger partial charge in [0.1, 0.15) is 6.04 Å². The first-order chi connectivity index (χ1) is 19.3. The number of aromatic hydroxyl groups is 2. The second kappa shape index (κ2) is 11.4. The number of aliphatic carboxylic acids is 1. The molecular weight excluding hydrogens is 522 g/mol. The second-order valence-electron chi connectivity index (χ2n) is 14.5. The zero-order valence-corrected chi connectivity index (χ0v) is 24.8. The number of carbonyl (C=O) groups is 2. The minimum Gasteiger partial charge on any atom is -0.504 e. The van der Waals surface area contributed by atoms with E-state index in [0.29, 0.717) is 47.5 Å². The van der Waals surface area contributed by atoms with Gasteiger partial charge in [-0.1, -0.05) is 26.8 Å². The van der Waals surface area contributed by atoms with Crippen molar-refractivity contribution in [2.45, 2.75) is 110 Å². The molecule has 228 valence electrons. The lowest BCUT2D eigenvalue weighted by atomic mass is 9.43. The Morgan fingerprint density at radius 3 is 2.39 bits per heavy atom. The van der Waals surface area contributed by atoms with E-state index in [0.717, 1.165) is 51.4 Å². The third-order valence-corrected chi connectivity index (χ3v) is 12.4. The number of hydrogen-bond acceptors (Lipinski definition) is 6. The zero-order chi connectivity index (χ0) is 29.7. The number of phenols is 2. The maximum Gasteiger partial charge on any atom is 0.326 e. The summed E-state index contributed by atoms with van der Waals surface area (Å²) in [7, 11) is 0. The number of hydrogen-bond donors (Lipinski definition) is 6. The average molecular weight is 572 g/mol. The Kier molecular flexibility index (Phi) is 8.38.